The molecule has 0 unspecified atom stereocenters. The largest absolute Gasteiger partial charge is 0.478 e. The molecule has 3 N–H and O–H groups in total. The Morgan fingerprint density at radius 1 is 0.857 bits per heavy atom. The summed E-state index contributed by atoms with van der Waals surface area (Å²) in [5.74, 6) is -1.73. The standard InChI is InChI=1S/C25H19N3O6S/c1-15(29)26-17-8-10-18(11-9-17)27-23-14-22(20-4-2-3-5-21(20)24(23)30)28-35(33,34)19-12-6-16(7-13-19)25(31)32/h2-14,27H,1H3,(H,26,29)(H,31,32)/b28-22-. The van der Waals surface area contributed by atoms with E-state index in [0.717, 1.165) is 0 Å². The van der Waals surface area contributed by atoms with Gasteiger partial charge in [0.1, 0.15) is 0 Å². The molecule has 1 amide bonds. The number of ketones is 1. The molecule has 35 heavy (non-hydrogen) atoms. The predicted molar refractivity (Wildman–Crippen MR) is 130 cm³/mol. The van der Waals surface area contributed by atoms with Crippen LogP contribution in [0.3, 0.4) is 0 Å². The normalized spacial score (nSPS) is 14.1. The Bertz CT molecular complexity index is 1510. The summed E-state index contributed by atoms with van der Waals surface area (Å²) in [5.41, 5.74) is 1.88. The molecule has 3 aromatic carbocycles. The second kappa shape index (κ2) is 9.35. The third kappa shape index (κ3) is 5.17. The number of benzene rings is 3. The smallest absolute Gasteiger partial charge is 0.335 e. The summed E-state index contributed by atoms with van der Waals surface area (Å²) in [6.45, 7) is 1.39. The molecule has 10 heteroatoms. The first-order valence-corrected chi connectivity index (χ1v) is 11.8. The van der Waals surface area contributed by atoms with Gasteiger partial charge in [0.15, 0.2) is 0 Å². The molecule has 0 saturated heterocycles. The van der Waals surface area contributed by atoms with E-state index in [-0.39, 0.29) is 39.1 Å². The van der Waals surface area contributed by atoms with Gasteiger partial charge in [0, 0.05) is 29.4 Å². The van der Waals surface area contributed by atoms with Crippen LogP contribution in [0.1, 0.15) is 33.2 Å². The number of anilines is 2. The number of carbonyl (C=O) groups is 3. The van der Waals surface area contributed by atoms with Crippen LogP contribution < -0.4 is 10.6 Å². The van der Waals surface area contributed by atoms with Crippen molar-refractivity contribution in [2.45, 2.75) is 11.8 Å². The van der Waals surface area contributed by atoms with E-state index in [0.29, 0.717) is 16.9 Å². The summed E-state index contributed by atoms with van der Waals surface area (Å²) in [4.78, 5) is 35.2. The van der Waals surface area contributed by atoms with Crippen LogP contribution in [0.5, 0.6) is 0 Å². The number of carbonyl (C=O) groups excluding carboxylic acids is 2. The number of nitrogens with one attached hydrogen (secondary N) is 2. The van der Waals surface area contributed by atoms with E-state index in [1.165, 1.54) is 37.3 Å². The van der Waals surface area contributed by atoms with Gasteiger partial charge in [0.25, 0.3) is 10.0 Å². The molecule has 0 atom stereocenters. The molecular weight excluding hydrogens is 470 g/mol. The number of amides is 1. The average Bonchev–Trinajstić information content (AvgIpc) is 2.83. The number of nitrogens with zero attached hydrogens (tertiary/aromatic N) is 1. The SMILES string of the molecule is CC(=O)Nc1ccc(NC2=C/C(=N/S(=O)(=O)c3ccc(C(=O)O)cc3)c3ccccc3C2=O)cc1. The predicted octanol–water partition coefficient (Wildman–Crippen LogP) is 3.71. The highest BCUT2D eigenvalue weighted by atomic mass is 32.2. The van der Waals surface area contributed by atoms with Crippen LogP contribution in [0.2, 0.25) is 0 Å². The highest BCUT2D eigenvalue weighted by molar-refractivity contribution is 7.90. The molecule has 0 aliphatic heterocycles. The zero-order chi connectivity index (χ0) is 25.2. The number of hydrogen-bond acceptors (Lipinski definition) is 6. The Kier molecular flexibility index (Phi) is 6.30. The second-order valence-corrected chi connectivity index (χ2v) is 9.20. The van der Waals surface area contributed by atoms with Crippen LogP contribution in [-0.2, 0) is 14.8 Å². The van der Waals surface area contributed by atoms with Crippen LogP contribution in [0.15, 0.2) is 93.9 Å². The van der Waals surface area contributed by atoms with E-state index in [9.17, 15) is 22.8 Å². The molecule has 0 bridgehead atoms. The molecule has 3 aromatic rings. The van der Waals surface area contributed by atoms with Crippen molar-refractivity contribution in [2.24, 2.45) is 4.40 Å². The van der Waals surface area contributed by atoms with Gasteiger partial charge in [-0.2, -0.15) is 12.8 Å². The third-order valence-corrected chi connectivity index (χ3v) is 6.38. The Labute approximate surface area is 200 Å². The molecule has 0 saturated carbocycles. The molecule has 1 aliphatic carbocycles. The average molecular weight is 490 g/mol. The zero-order valence-corrected chi connectivity index (χ0v) is 19.2. The van der Waals surface area contributed by atoms with Crippen molar-refractivity contribution in [1.29, 1.82) is 0 Å². The first-order chi connectivity index (χ1) is 16.6. The van der Waals surface area contributed by atoms with Crippen molar-refractivity contribution in [3.63, 3.8) is 0 Å². The van der Waals surface area contributed by atoms with E-state index < -0.39 is 16.0 Å². The number of aromatic carboxylic acids is 1. The summed E-state index contributed by atoms with van der Waals surface area (Å²) in [7, 11) is -4.20. The summed E-state index contributed by atoms with van der Waals surface area (Å²) in [6.07, 6.45) is 1.36. The monoisotopic (exact) mass is 489 g/mol. The van der Waals surface area contributed by atoms with Gasteiger partial charge >= 0.3 is 5.97 Å². The molecule has 0 heterocycles. The fourth-order valence-electron chi connectivity index (χ4n) is 3.45. The molecule has 1 aliphatic rings. The molecule has 0 aromatic heterocycles. The minimum Gasteiger partial charge on any atom is -0.478 e. The number of rotatable bonds is 6. The van der Waals surface area contributed by atoms with Crippen LogP contribution in [0, 0.1) is 0 Å². The van der Waals surface area contributed by atoms with Crippen LogP contribution in [0.4, 0.5) is 11.4 Å². The van der Waals surface area contributed by atoms with E-state index in [1.807, 2.05) is 0 Å². The van der Waals surface area contributed by atoms with Gasteiger partial charge in [-0.05, 0) is 54.6 Å². The zero-order valence-electron chi connectivity index (χ0n) is 18.3. The quantitative estimate of drug-likeness (QED) is 0.479. The van der Waals surface area contributed by atoms with Crippen molar-refractivity contribution < 1.29 is 27.9 Å². The number of carboxylic acids is 1. The van der Waals surface area contributed by atoms with Crippen LogP contribution >= 0.6 is 0 Å². The van der Waals surface area contributed by atoms with E-state index >= 15 is 0 Å². The number of carboxylic acid groups (broad SMARTS) is 1. The summed E-state index contributed by atoms with van der Waals surface area (Å²) in [5, 5.41) is 14.7. The fourth-order valence-corrected chi connectivity index (χ4v) is 4.44. The lowest BCUT2D eigenvalue weighted by Gasteiger charge is -2.19. The Hall–Kier alpha value is -4.57. The molecule has 9 nitrogen and oxygen atoms in total. The van der Waals surface area contributed by atoms with Gasteiger partial charge in [0.05, 0.1) is 21.9 Å². The second-order valence-electron chi connectivity index (χ2n) is 7.60. The third-order valence-electron chi connectivity index (χ3n) is 5.08. The van der Waals surface area contributed by atoms with Crippen molar-refractivity contribution >= 4 is 44.8 Å². The number of sulfonamides is 1. The lowest BCUT2D eigenvalue weighted by molar-refractivity contribution is -0.114. The van der Waals surface area contributed by atoms with Gasteiger partial charge < -0.3 is 15.7 Å². The van der Waals surface area contributed by atoms with Crippen molar-refractivity contribution in [3.8, 4) is 0 Å². The maximum absolute atomic E-state index is 13.1. The van der Waals surface area contributed by atoms with Gasteiger partial charge in [0.2, 0.25) is 11.7 Å². The topological polar surface area (TPSA) is 142 Å². The molecule has 176 valence electrons. The maximum atomic E-state index is 13.1. The van der Waals surface area contributed by atoms with Gasteiger partial charge in [-0.1, -0.05) is 24.3 Å². The summed E-state index contributed by atoms with van der Waals surface area (Å²) < 4.78 is 29.9. The number of hydrogen-bond donors (Lipinski definition) is 3. The van der Waals surface area contributed by atoms with Gasteiger partial charge in [-0.25, -0.2) is 4.79 Å². The van der Waals surface area contributed by atoms with Crippen LogP contribution in [0.25, 0.3) is 0 Å². The van der Waals surface area contributed by atoms with Crippen molar-refractivity contribution in [2.75, 3.05) is 10.6 Å². The van der Waals surface area contributed by atoms with E-state index in [1.54, 1.807) is 48.5 Å². The lowest BCUT2D eigenvalue weighted by Crippen LogP contribution is -2.22. The Morgan fingerprint density at radius 3 is 2.06 bits per heavy atom. The maximum Gasteiger partial charge on any atom is 0.335 e. The first kappa shape index (κ1) is 23.6. The van der Waals surface area contributed by atoms with E-state index in [2.05, 4.69) is 15.0 Å². The van der Waals surface area contributed by atoms with Crippen molar-refractivity contribution in [3.05, 3.63) is 101 Å². The number of fused-ring (bicyclic) bond motifs is 1. The molecule has 0 fully saturated rings. The minimum absolute atomic E-state index is 0.0545. The van der Waals surface area contributed by atoms with E-state index in [4.69, 9.17) is 5.11 Å². The Morgan fingerprint density at radius 2 is 1.46 bits per heavy atom. The highest BCUT2D eigenvalue weighted by Crippen LogP contribution is 2.26. The molecular formula is C25H19N3O6S. The molecule has 4 rings (SSSR count). The lowest BCUT2D eigenvalue weighted by atomic mass is 9.92. The van der Waals surface area contributed by atoms with Gasteiger partial charge in [-0.3, -0.25) is 9.59 Å². The van der Waals surface area contributed by atoms with Crippen LogP contribution in [-0.4, -0.2) is 36.9 Å². The minimum atomic E-state index is -4.20. The highest BCUT2D eigenvalue weighted by Gasteiger charge is 2.26. The Balaban J connectivity index is 1.71. The first-order valence-electron chi connectivity index (χ1n) is 10.3. The summed E-state index contributed by atoms with van der Waals surface area (Å²) >= 11 is 0. The number of Topliss-reactive ketones (excluding diaryl/α,β-unsaturated/α-hetero) is 1. The van der Waals surface area contributed by atoms with Crippen molar-refractivity contribution in [1.82, 2.24) is 0 Å². The van der Waals surface area contributed by atoms with Gasteiger partial charge in [-0.15, -0.1) is 0 Å². The molecule has 0 spiro atoms. The number of allylic oxidation sites excluding steroid dienone is 2. The fraction of sp³-hybridized carbons (Fsp3) is 0.0400. The summed E-state index contributed by atoms with van der Waals surface area (Å²) in [6, 6.07) is 17.9. The molecule has 0 radical (unpaired) electrons.